The van der Waals surface area contributed by atoms with Crippen LogP contribution >= 0.6 is 0 Å². The number of carboxylic acids is 1. The molecule has 0 aromatic heterocycles. The number of hydrogen-bond donors (Lipinski definition) is 6. The van der Waals surface area contributed by atoms with E-state index in [1.54, 1.807) is 13.8 Å². The molecule has 0 heterocycles. The van der Waals surface area contributed by atoms with Gasteiger partial charge in [0.1, 0.15) is 12.1 Å². The number of carboxylic acid groups (broad SMARTS) is 1. The van der Waals surface area contributed by atoms with Gasteiger partial charge in [-0.05, 0) is 24.3 Å². The number of amides is 2. The first-order valence-corrected chi connectivity index (χ1v) is 9.15. The molecule has 1 aromatic carbocycles. The fourth-order valence-electron chi connectivity index (χ4n) is 2.59. The van der Waals surface area contributed by atoms with Crippen molar-refractivity contribution in [3.05, 3.63) is 35.9 Å². The fourth-order valence-corrected chi connectivity index (χ4v) is 2.59. The van der Waals surface area contributed by atoms with E-state index in [9.17, 15) is 19.5 Å². The average molecular weight is 391 g/mol. The largest absolute Gasteiger partial charge is 0.480 e. The summed E-state index contributed by atoms with van der Waals surface area (Å²) < 4.78 is 0. The van der Waals surface area contributed by atoms with Gasteiger partial charge in [0, 0.05) is 6.54 Å². The third-order valence-corrected chi connectivity index (χ3v) is 4.07. The lowest BCUT2D eigenvalue weighted by molar-refractivity contribution is -0.143. The third-order valence-electron chi connectivity index (χ3n) is 4.07. The maximum Gasteiger partial charge on any atom is 0.326 e. The Morgan fingerprint density at radius 3 is 2.32 bits per heavy atom. The summed E-state index contributed by atoms with van der Waals surface area (Å²) >= 11 is 0. The Hall–Kier alpha value is -3.10. The second-order valence-corrected chi connectivity index (χ2v) is 6.83. The predicted octanol–water partition coefficient (Wildman–Crippen LogP) is 0.203. The highest BCUT2D eigenvalue weighted by Crippen LogP contribution is 2.06. The summed E-state index contributed by atoms with van der Waals surface area (Å²) in [5, 5.41) is 24.2. The van der Waals surface area contributed by atoms with Gasteiger partial charge in [-0.15, -0.1) is 0 Å². The number of guanidine groups is 1. The molecule has 0 bridgehead atoms. The highest BCUT2D eigenvalue weighted by Gasteiger charge is 2.28. The van der Waals surface area contributed by atoms with Crippen molar-refractivity contribution in [2.75, 3.05) is 6.54 Å². The molecular weight excluding hydrogens is 362 g/mol. The highest BCUT2D eigenvalue weighted by molar-refractivity contribution is 5.91. The average Bonchev–Trinajstić information content (AvgIpc) is 2.62. The van der Waals surface area contributed by atoms with E-state index in [0.717, 1.165) is 5.56 Å². The molecular formula is C19H29N5O4. The van der Waals surface area contributed by atoms with Crippen LogP contribution in [0.15, 0.2) is 30.3 Å². The Balaban J connectivity index is 2.76. The molecule has 0 aliphatic carbocycles. The monoisotopic (exact) mass is 391 g/mol. The second kappa shape index (κ2) is 11.6. The third kappa shape index (κ3) is 8.52. The topological polar surface area (TPSA) is 157 Å². The van der Waals surface area contributed by atoms with E-state index >= 15 is 0 Å². The van der Waals surface area contributed by atoms with Crippen molar-refractivity contribution in [2.45, 2.75) is 45.2 Å². The van der Waals surface area contributed by atoms with Crippen LogP contribution in [-0.2, 0) is 20.8 Å². The molecule has 0 saturated heterocycles. The standard InChI is InChI=1S/C19H29N5O4/c1-12(2)16(18(27)28)24-17(26)14(9-6-10-22-19(20)21)23-15(25)11-13-7-4-3-5-8-13/h3-5,7-8,12,14,16H,6,9-11H2,1-2H3,(H,23,25)(H,24,26)(H,27,28)(H4,20,21,22)/t14-,16-/m0/s1. The maximum atomic E-state index is 12.6. The van der Waals surface area contributed by atoms with Gasteiger partial charge in [0.2, 0.25) is 11.8 Å². The van der Waals surface area contributed by atoms with Crippen molar-refractivity contribution in [3.8, 4) is 0 Å². The molecule has 0 unspecified atom stereocenters. The Morgan fingerprint density at radius 2 is 1.79 bits per heavy atom. The minimum Gasteiger partial charge on any atom is -0.480 e. The van der Waals surface area contributed by atoms with Gasteiger partial charge in [-0.1, -0.05) is 44.2 Å². The van der Waals surface area contributed by atoms with Crippen LogP contribution in [0.5, 0.6) is 0 Å². The Labute approximate surface area is 164 Å². The number of hydrogen-bond acceptors (Lipinski definition) is 4. The number of nitrogens with two attached hydrogens (primary N) is 1. The van der Waals surface area contributed by atoms with Gasteiger partial charge in [-0.25, -0.2) is 4.79 Å². The number of aliphatic carboxylic acids is 1. The van der Waals surface area contributed by atoms with Crippen LogP contribution < -0.4 is 21.7 Å². The molecule has 0 aliphatic rings. The molecule has 2 amide bonds. The van der Waals surface area contributed by atoms with Crippen LogP contribution in [0.1, 0.15) is 32.3 Å². The first-order valence-electron chi connectivity index (χ1n) is 9.15. The van der Waals surface area contributed by atoms with E-state index in [1.807, 2.05) is 30.3 Å². The number of benzene rings is 1. The molecule has 2 atom stereocenters. The van der Waals surface area contributed by atoms with Crippen LogP contribution in [0.3, 0.4) is 0 Å². The van der Waals surface area contributed by atoms with Crippen LogP contribution in [0.25, 0.3) is 0 Å². The Morgan fingerprint density at radius 1 is 1.14 bits per heavy atom. The summed E-state index contributed by atoms with van der Waals surface area (Å²) in [7, 11) is 0. The van der Waals surface area contributed by atoms with Crippen molar-refractivity contribution >= 4 is 23.7 Å². The van der Waals surface area contributed by atoms with Crippen LogP contribution in [0, 0.1) is 11.3 Å². The van der Waals surface area contributed by atoms with Gasteiger partial charge < -0.3 is 26.8 Å². The Bertz CT molecular complexity index is 678. The van der Waals surface area contributed by atoms with Crippen molar-refractivity contribution in [1.82, 2.24) is 16.0 Å². The lowest BCUT2D eigenvalue weighted by atomic mass is 10.0. The summed E-state index contributed by atoms with van der Waals surface area (Å²) in [5.41, 5.74) is 6.03. The first kappa shape index (κ1) is 22.9. The molecule has 0 saturated carbocycles. The quantitative estimate of drug-likeness (QED) is 0.180. The zero-order valence-corrected chi connectivity index (χ0v) is 16.2. The van der Waals surface area contributed by atoms with E-state index in [0.29, 0.717) is 13.0 Å². The van der Waals surface area contributed by atoms with Crippen molar-refractivity contribution in [3.63, 3.8) is 0 Å². The smallest absolute Gasteiger partial charge is 0.326 e. The summed E-state index contributed by atoms with van der Waals surface area (Å²) in [6.45, 7) is 3.75. The van der Waals surface area contributed by atoms with Crippen LogP contribution in [0.2, 0.25) is 0 Å². The van der Waals surface area contributed by atoms with Crippen molar-refractivity contribution < 1.29 is 19.5 Å². The van der Waals surface area contributed by atoms with Crippen LogP contribution in [-0.4, -0.2) is 47.5 Å². The van der Waals surface area contributed by atoms with E-state index in [-0.39, 0.29) is 30.6 Å². The number of carbonyl (C=O) groups is 3. The van der Waals surface area contributed by atoms with Crippen LogP contribution in [0.4, 0.5) is 0 Å². The van der Waals surface area contributed by atoms with Gasteiger partial charge >= 0.3 is 5.97 Å². The molecule has 0 fully saturated rings. The lowest BCUT2D eigenvalue weighted by Crippen LogP contribution is -2.53. The minimum atomic E-state index is -1.13. The van der Waals surface area contributed by atoms with Gasteiger partial charge in [0.15, 0.2) is 5.96 Å². The summed E-state index contributed by atoms with van der Waals surface area (Å²) in [6, 6.07) is 7.18. The highest BCUT2D eigenvalue weighted by atomic mass is 16.4. The molecule has 0 spiro atoms. The molecule has 28 heavy (non-hydrogen) atoms. The van der Waals surface area contributed by atoms with Crippen molar-refractivity contribution in [1.29, 1.82) is 5.41 Å². The molecule has 0 aliphatic heterocycles. The molecule has 1 rings (SSSR count). The fraction of sp³-hybridized carbons (Fsp3) is 0.474. The first-order chi connectivity index (χ1) is 13.2. The molecule has 154 valence electrons. The zero-order valence-electron chi connectivity index (χ0n) is 16.2. The summed E-state index contributed by atoms with van der Waals surface area (Å²) in [5.74, 6) is -2.50. The van der Waals surface area contributed by atoms with E-state index < -0.39 is 24.0 Å². The normalized spacial score (nSPS) is 12.7. The van der Waals surface area contributed by atoms with Gasteiger partial charge in [-0.2, -0.15) is 0 Å². The molecule has 9 heteroatoms. The molecule has 7 N–H and O–H groups in total. The SMILES string of the molecule is CC(C)[C@H](NC(=O)[C@H](CCCNC(=N)N)NC(=O)Cc1ccccc1)C(=O)O. The summed E-state index contributed by atoms with van der Waals surface area (Å²) in [4.78, 5) is 36.3. The van der Waals surface area contributed by atoms with Gasteiger partial charge in [0.05, 0.1) is 6.42 Å². The minimum absolute atomic E-state index is 0.114. The maximum absolute atomic E-state index is 12.6. The summed E-state index contributed by atoms with van der Waals surface area (Å²) in [6.07, 6.45) is 0.850. The number of carbonyl (C=O) groups excluding carboxylic acids is 2. The van der Waals surface area contributed by atoms with E-state index in [1.165, 1.54) is 0 Å². The molecule has 9 nitrogen and oxygen atoms in total. The van der Waals surface area contributed by atoms with Gasteiger partial charge in [-0.3, -0.25) is 15.0 Å². The Kier molecular flexibility index (Phi) is 9.49. The van der Waals surface area contributed by atoms with E-state index in [2.05, 4.69) is 16.0 Å². The van der Waals surface area contributed by atoms with Crippen molar-refractivity contribution in [2.24, 2.45) is 11.7 Å². The molecule has 1 aromatic rings. The molecule has 0 radical (unpaired) electrons. The second-order valence-electron chi connectivity index (χ2n) is 6.83. The van der Waals surface area contributed by atoms with Gasteiger partial charge in [0.25, 0.3) is 0 Å². The predicted molar refractivity (Wildman–Crippen MR) is 106 cm³/mol. The lowest BCUT2D eigenvalue weighted by Gasteiger charge is -2.23. The number of nitrogens with one attached hydrogen (secondary N) is 4. The van der Waals surface area contributed by atoms with E-state index in [4.69, 9.17) is 11.1 Å². The zero-order chi connectivity index (χ0) is 21.1. The number of rotatable bonds is 11.